The molecule has 0 fully saturated rings. The van der Waals surface area contributed by atoms with E-state index < -0.39 is 11.9 Å². The highest BCUT2D eigenvalue weighted by atomic mass is 32.1. The molecule has 0 aliphatic rings. The van der Waals surface area contributed by atoms with Crippen LogP contribution in [0.3, 0.4) is 0 Å². The number of carboxylic acids is 1. The molecule has 8 nitrogen and oxygen atoms in total. The molecule has 0 aromatic carbocycles. The van der Waals surface area contributed by atoms with E-state index in [0.29, 0.717) is 50.5 Å². The quantitative estimate of drug-likeness (QED) is 0.148. The van der Waals surface area contributed by atoms with Crippen LogP contribution < -0.4 is 11.1 Å². The smallest absolute Gasteiger partial charge is 0.308 e. The molecule has 0 aromatic rings. The molecule has 0 rings (SSSR count). The molecule has 0 radical (unpaired) electrons. The van der Waals surface area contributed by atoms with Gasteiger partial charge < -0.3 is 20.9 Å². The van der Waals surface area contributed by atoms with E-state index in [1.807, 2.05) is 20.8 Å². The summed E-state index contributed by atoms with van der Waals surface area (Å²) in [7, 11) is 0. The highest BCUT2D eigenvalue weighted by Crippen LogP contribution is 2.15. The second kappa shape index (κ2) is 21.8. The molecular formula is C25H50N2O6S2. The maximum atomic E-state index is 11.7. The first-order chi connectivity index (χ1) is 15.8. The van der Waals surface area contributed by atoms with E-state index in [0.717, 1.165) is 5.75 Å². The molecule has 0 heterocycles. The van der Waals surface area contributed by atoms with E-state index >= 15 is 0 Å². The summed E-state index contributed by atoms with van der Waals surface area (Å²) >= 11 is 8.26. The summed E-state index contributed by atoms with van der Waals surface area (Å²) in [6.07, 6.45) is 2.38. The van der Waals surface area contributed by atoms with Gasteiger partial charge in [-0.05, 0) is 49.0 Å². The fraction of sp³-hybridized carbons (Fsp3) is 0.840. The Labute approximate surface area is 223 Å². The van der Waals surface area contributed by atoms with Crippen molar-refractivity contribution in [2.75, 3.05) is 24.7 Å². The lowest BCUT2D eigenvalue weighted by Gasteiger charge is -2.15. The molecule has 0 saturated heterocycles. The number of nitrogens with one attached hydrogen (secondary N) is 1. The van der Waals surface area contributed by atoms with Gasteiger partial charge in [0.1, 0.15) is 0 Å². The summed E-state index contributed by atoms with van der Waals surface area (Å²) in [4.78, 5) is 44.7. The molecule has 10 heteroatoms. The zero-order valence-corrected chi connectivity index (χ0v) is 23.4. The number of amides is 2. The third-order valence-corrected chi connectivity index (χ3v) is 6.83. The van der Waals surface area contributed by atoms with Gasteiger partial charge in [0.2, 0.25) is 11.8 Å². The van der Waals surface area contributed by atoms with E-state index in [4.69, 9.17) is 15.6 Å². The Kier molecular flexibility index (Phi) is 23.8. The first-order valence-corrected chi connectivity index (χ1v) is 13.2. The monoisotopic (exact) mass is 538 g/mol. The summed E-state index contributed by atoms with van der Waals surface area (Å²) < 4.78 is 5.11. The van der Waals surface area contributed by atoms with E-state index in [9.17, 15) is 19.2 Å². The van der Waals surface area contributed by atoms with Gasteiger partial charge in [0, 0.05) is 18.4 Å². The zero-order valence-electron chi connectivity index (χ0n) is 21.6. The Hall–Kier alpha value is -1.42. The van der Waals surface area contributed by atoms with Crippen LogP contribution in [-0.2, 0) is 23.9 Å². The number of thiol groups is 2. The number of esters is 1. The Morgan fingerprint density at radius 3 is 1.71 bits per heavy atom. The molecular weight excluding hydrogens is 488 g/mol. The summed E-state index contributed by atoms with van der Waals surface area (Å²) in [5.41, 5.74) is 5.17. The summed E-state index contributed by atoms with van der Waals surface area (Å²) in [6, 6.07) is 0. The molecule has 6 atom stereocenters. The Morgan fingerprint density at radius 1 is 0.800 bits per heavy atom. The second-order valence-corrected chi connectivity index (χ2v) is 10.2. The largest absolute Gasteiger partial charge is 0.481 e. The van der Waals surface area contributed by atoms with Gasteiger partial charge in [0.15, 0.2) is 0 Å². The zero-order chi connectivity index (χ0) is 26.8. The van der Waals surface area contributed by atoms with Crippen LogP contribution in [0.15, 0.2) is 0 Å². The number of nitrogens with two attached hydrogens (primary N) is 1. The van der Waals surface area contributed by atoms with E-state index in [1.165, 1.54) is 0 Å². The van der Waals surface area contributed by atoms with Gasteiger partial charge in [-0.3, -0.25) is 19.2 Å². The second-order valence-electron chi connectivity index (χ2n) is 9.45. The summed E-state index contributed by atoms with van der Waals surface area (Å²) in [5.74, 6) is -0.199. The molecule has 0 bridgehead atoms. The van der Waals surface area contributed by atoms with Gasteiger partial charge in [-0.15, -0.1) is 0 Å². The van der Waals surface area contributed by atoms with E-state index in [1.54, 1.807) is 20.8 Å². The third kappa shape index (κ3) is 20.5. The number of carbonyl (C=O) groups excluding carboxylic acids is 3. The Balaban J connectivity index is -0.000000569. The average molecular weight is 539 g/mol. The Morgan fingerprint density at radius 2 is 1.26 bits per heavy atom. The SMILES string of the molecule is C.CC(CS)CNC(=O)C(C)CCC(C)C(N)=O.CC(CS)COC(=O)C(C)CCC(C)C(=O)O. The summed E-state index contributed by atoms with van der Waals surface area (Å²) in [6.45, 7) is 12.1. The van der Waals surface area contributed by atoms with Gasteiger partial charge in [-0.2, -0.15) is 25.3 Å². The molecule has 0 aliphatic carbocycles. The van der Waals surface area contributed by atoms with Crippen LogP contribution in [0.4, 0.5) is 0 Å². The van der Waals surface area contributed by atoms with Crippen molar-refractivity contribution in [3.8, 4) is 0 Å². The minimum atomic E-state index is -0.825. The fourth-order valence-electron chi connectivity index (χ4n) is 2.45. The molecule has 4 N–H and O–H groups in total. The molecule has 0 saturated carbocycles. The van der Waals surface area contributed by atoms with Crippen molar-refractivity contribution < 1.29 is 29.0 Å². The van der Waals surface area contributed by atoms with Crippen molar-refractivity contribution in [3.63, 3.8) is 0 Å². The fourth-order valence-corrected chi connectivity index (χ4v) is 2.68. The Bertz CT molecular complexity index is 569. The minimum Gasteiger partial charge on any atom is -0.481 e. The molecule has 0 spiro atoms. The van der Waals surface area contributed by atoms with Gasteiger partial charge >= 0.3 is 11.9 Å². The van der Waals surface area contributed by atoms with Crippen molar-refractivity contribution >= 4 is 49.0 Å². The first-order valence-electron chi connectivity index (χ1n) is 11.9. The highest BCUT2D eigenvalue weighted by molar-refractivity contribution is 7.80. The standard InChI is InChI=1S/C12H24N2O2S.C12H22O4S.CH4/c1-8(7-17)6-14-12(16)10(3)5-4-9(2)11(13)15;1-8(7-17)6-16-12(15)10(3)5-4-9(2)11(13)14;/h8-10,17H,4-7H2,1-3H3,(H2,13,15)(H,14,16);8-10,17H,4-7H2,1-3H3,(H,13,14);1H4. The topological polar surface area (TPSA) is 136 Å². The van der Waals surface area contributed by atoms with Crippen LogP contribution in [0.25, 0.3) is 0 Å². The van der Waals surface area contributed by atoms with Crippen LogP contribution in [0.2, 0.25) is 0 Å². The van der Waals surface area contributed by atoms with Crippen LogP contribution in [0, 0.1) is 35.5 Å². The molecule has 35 heavy (non-hydrogen) atoms. The normalized spacial score (nSPS) is 15.5. The number of ether oxygens (including phenoxy) is 1. The predicted octanol–water partition coefficient (Wildman–Crippen LogP) is 4.07. The van der Waals surface area contributed by atoms with Gasteiger partial charge in [0.05, 0.1) is 18.4 Å². The number of rotatable bonds is 16. The van der Waals surface area contributed by atoms with Crippen molar-refractivity contribution in [1.82, 2.24) is 5.32 Å². The van der Waals surface area contributed by atoms with Crippen LogP contribution in [0.5, 0.6) is 0 Å². The number of aliphatic carboxylic acids is 1. The molecule has 2 amide bonds. The predicted molar refractivity (Wildman–Crippen MR) is 149 cm³/mol. The van der Waals surface area contributed by atoms with E-state index in [-0.39, 0.29) is 48.9 Å². The van der Waals surface area contributed by atoms with Gasteiger partial charge in [0.25, 0.3) is 0 Å². The lowest BCUT2D eigenvalue weighted by atomic mass is 9.97. The van der Waals surface area contributed by atoms with Crippen molar-refractivity contribution in [3.05, 3.63) is 0 Å². The number of hydrogen-bond acceptors (Lipinski definition) is 7. The highest BCUT2D eigenvalue weighted by Gasteiger charge is 2.19. The molecule has 208 valence electrons. The van der Waals surface area contributed by atoms with Crippen LogP contribution >= 0.6 is 25.3 Å². The van der Waals surface area contributed by atoms with Crippen molar-refractivity contribution in [1.29, 1.82) is 0 Å². The van der Waals surface area contributed by atoms with Crippen LogP contribution in [0.1, 0.15) is 74.7 Å². The summed E-state index contributed by atoms with van der Waals surface area (Å²) in [5, 5.41) is 11.6. The lowest BCUT2D eigenvalue weighted by molar-refractivity contribution is -0.150. The minimum absolute atomic E-state index is 0. The number of primary amides is 1. The maximum absolute atomic E-state index is 11.7. The molecule has 0 aliphatic heterocycles. The molecule has 0 aromatic heterocycles. The van der Waals surface area contributed by atoms with Crippen LogP contribution in [-0.4, -0.2) is 53.5 Å². The van der Waals surface area contributed by atoms with Crippen molar-refractivity contribution in [2.24, 2.45) is 41.2 Å². The average Bonchev–Trinajstić information content (AvgIpc) is 2.81. The maximum Gasteiger partial charge on any atom is 0.308 e. The third-order valence-electron chi connectivity index (χ3n) is 5.58. The number of carbonyl (C=O) groups is 4. The number of hydrogen-bond donors (Lipinski definition) is 5. The number of carboxylic acid groups (broad SMARTS) is 1. The van der Waals surface area contributed by atoms with Gasteiger partial charge in [-0.25, -0.2) is 0 Å². The van der Waals surface area contributed by atoms with Crippen molar-refractivity contribution in [2.45, 2.75) is 74.7 Å². The van der Waals surface area contributed by atoms with Gasteiger partial charge in [-0.1, -0.05) is 49.0 Å². The molecule has 6 unspecified atom stereocenters. The first kappa shape index (κ1) is 38.1. The van der Waals surface area contributed by atoms with E-state index in [2.05, 4.69) is 30.6 Å². The lowest BCUT2D eigenvalue weighted by Crippen LogP contribution is -2.33.